The summed E-state index contributed by atoms with van der Waals surface area (Å²) >= 11 is 0. The van der Waals surface area contributed by atoms with Crippen LogP contribution in [0.25, 0.3) is 0 Å². The maximum absolute atomic E-state index is 13.3. The summed E-state index contributed by atoms with van der Waals surface area (Å²) < 4.78 is 13.3. The van der Waals surface area contributed by atoms with Gasteiger partial charge in [-0.25, -0.2) is 9.37 Å². The number of para-hydroxylation sites is 1. The summed E-state index contributed by atoms with van der Waals surface area (Å²) in [7, 11) is 0. The molecule has 0 unspecified atom stereocenters. The van der Waals surface area contributed by atoms with Gasteiger partial charge in [-0.3, -0.25) is 0 Å². The van der Waals surface area contributed by atoms with Gasteiger partial charge in [0.2, 0.25) is 0 Å². The van der Waals surface area contributed by atoms with E-state index in [1.54, 1.807) is 30.5 Å². The molecule has 0 fully saturated rings. The maximum Gasteiger partial charge on any atom is 0.146 e. The number of benzene rings is 1. The topological polar surface area (TPSA) is 50.9 Å². The molecule has 16 heavy (non-hydrogen) atoms. The molecule has 0 radical (unpaired) electrons. The molecule has 0 amide bonds. The molecular weight excluding hydrogens is 205 g/mol. The van der Waals surface area contributed by atoms with Crippen LogP contribution in [0, 0.1) is 5.82 Å². The van der Waals surface area contributed by atoms with Gasteiger partial charge >= 0.3 is 0 Å². The van der Waals surface area contributed by atoms with Crippen LogP contribution in [0.15, 0.2) is 42.6 Å². The van der Waals surface area contributed by atoms with Crippen molar-refractivity contribution >= 4 is 11.5 Å². The largest absolute Gasteiger partial charge is 0.384 e. The van der Waals surface area contributed by atoms with Gasteiger partial charge in [-0.15, -0.1) is 0 Å². The van der Waals surface area contributed by atoms with E-state index in [-0.39, 0.29) is 5.82 Å². The van der Waals surface area contributed by atoms with Crippen molar-refractivity contribution in [3.63, 3.8) is 0 Å². The van der Waals surface area contributed by atoms with Gasteiger partial charge in [0, 0.05) is 12.7 Å². The molecule has 0 aliphatic heterocycles. The van der Waals surface area contributed by atoms with E-state index in [9.17, 15) is 4.39 Å². The fraction of sp³-hybridized carbons (Fsp3) is 0.0833. The Labute approximate surface area is 93.1 Å². The van der Waals surface area contributed by atoms with E-state index in [0.29, 0.717) is 18.1 Å². The van der Waals surface area contributed by atoms with E-state index in [0.717, 1.165) is 5.56 Å². The van der Waals surface area contributed by atoms with Crippen LogP contribution in [0.3, 0.4) is 0 Å². The van der Waals surface area contributed by atoms with Crippen molar-refractivity contribution in [3.8, 4) is 0 Å². The predicted molar refractivity (Wildman–Crippen MR) is 62.4 cm³/mol. The van der Waals surface area contributed by atoms with E-state index in [2.05, 4.69) is 10.3 Å². The fourth-order valence-corrected chi connectivity index (χ4v) is 1.34. The Morgan fingerprint density at radius 1 is 1.19 bits per heavy atom. The molecule has 2 rings (SSSR count). The third-order valence-electron chi connectivity index (χ3n) is 2.20. The first-order valence-corrected chi connectivity index (χ1v) is 4.94. The highest BCUT2D eigenvalue weighted by atomic mass is 19.1. The third-order valence-corrected chi connectivity index (χ3v) is 2.20. The van der Waals surface area contributed by atoms with Crippen LogP contribution < -0.4 is 11.1 Å². The Morgan fingerprint density at radius 3 is 2.69 bits per heavy atom. The number of aromatic nitrogens is 1. The molecule has 0 spiro atoms. The highest BCUT2D eigenvalue weighted by Gasteiger charge is 1.99. The first kappa shape index (κ1) is 10.4. The average Bonchev–Trinajstić information content (AvgIpc) is 2.30. The molecule has 0 bridgehead atoms. The first-order chi connectivity index (χ1) is 7.75. The Morgan fingerprint density at radius 2 is 2.00 bits per heavy atom. The number of hydrogen-bond donors (Lipinski definition) is 2. The smallest absolute Gasteiger partial charge is 0.146 e. The number of nitrogens with two attached hydrogens (primary N) is 1. The summed E-state index contributed by atoms with van der Waals surface area (Å²) in [6.07, 6.45) is 1.67. The Balaban J connectivity index is 2.02. The van der Waals surface area contributed by atoms with Crippen molar-refractivity contribution in [2.75, 3.05) is 11.1 Å². The maximum atomic E-state index is 13.3. The quantitative estimate of drug-likeness (QED) is 0.830. The molecule has 1 aromatic carbocycles. The van der Waals surface area contributed by atoms with Gasteiger partial charge in [-0.1, -0.05) is 18.2 Å². The number of hydrogen-bond acceptors (Lipinski definition) is 3. The van der Waals surface area contributed by atoms with Crippen molar-refractivity contribution in [2.45, 2.75) is 6.54 Å². The lowest BCUT2D eigenvalue weighted by atomic mass is 10.2. The molecule has 2 aromatic rings. The molecule has 82 valence electrons. The lowest BCUT2D eigenvalue weighted by Crippen LogP contribution is -2.02. The zero-order chi connectivity index (χ0) is 11.4. The number of pyridine rings is 1. The van der Waals surface area contributed by atoms with Gasteiger partial charge in [0.1, 0.15) is 11.6 Å². The van der Waals surface area contributed by atoms with Crippen molar-refractivity contribution in [2.24, 2.45) is 0 Å². The Kier molecular flexibility index (Phi) is 3.00. The zero-order valence-corrected chi connectivity index (χ0v) is 8.65. The molecule has 0 atom stereocenters. The summed E-state index contributed by atoms with van der Waals surface area (Å²) in [6, 6.07) is 10.1. The van der Waals surface area contributed by atoms with E-state index in [1.807, 2.05) is 6.07 Å². The van der Waals surface area contributed by atoms with Crippen molar-refractivity contribution in [3.05, 3.63) is 54.0 Å². The van der Waals surface area contributed by atoms with Crippen LogP contribution in [0.5, 0.6) is 0 Å². The average molecular weight is 217 g/mol. The highest BCUT2D eigenvalue weighted by molar-refractivity contribution is 5.45. The van der Waals surface area contributed by atoms with E-state index >= 15 is 0 Å². The number of nitrogen functional groups attached to an aromatic ring is 1. The molecule has 0 saturated heterocycles. The van der Waals surface area contributed by atoms with Crippen LogP contribution in [0.1, 0.15) is 5.56 Å². The standard InChI is InChI=1S/C12H12FN3/c13-10-3-1-2-4-11(10)15-7-9-5-6-12(14)16-8-9/h1-6,8,15H,7H2,(H2,14,16). The number of nitrogens with one attached hydrogen (secondary N) is 1. The highest BCUT2D eigenvalue weighted by Crippen LogP contribution is 2.13. The van der Waals surface area contributed by atoms with Crippen LogP contribution in [-0.2, 0) is 6.54 Å². The van der Waals surface area contributed by atoms with E-state index in [4.69, 9.17) is 5.73 Å². The van der Waals surface area contributed by atoms with E-state index < -0.39 is 0 Å². The minimum Gasteiger partial charge on any atom is -0.384 e. The van der Waals surface area contributed by atoms with Crippen molar-refractivity contribution < 1.29 is 4.39 Å². The second-order valence-corrected chi connectivity index (χ2v) is 3.42. The predicted octanol–water partition coefficient (Wildman–Crippen LogP) is 2.42. The molecular formula is C12H12FN3. The first-order valence-electron chi connectivity index (χ1n) is 4.94. The van der Waals surface area contributed by atoms with Crippen molar-refractivity contribution in [1.82, 2.24) is 4.98 Å². The summed E-state index contributed by atoms with van der Waals surface area (Å²) in [5, 5.41) is 2.99. The van der Waals surface area contributed by atoms with Gasteiger partial charge in [0.15, 0.2) is 0 Å². The molecule has 3 nitrogen and oxygen atoms in total. The van der Waals surface area contributed by atoms with Crippen LogP contribution in [0.2, 0.25) is 0 Å². The lowest BCUT2D eigenvalue weighted by molar-refractivity contribution is 0.630. The van der Waals surface area contributed by atoms with E-state index in [1.165, 1.54) is 6.07 Å². The normalized spacial score (nSPS) is 10.1. The number of rotatable bonds is 3. The number of anilines is 2. The molecule has 1 heterocycles. The monoisotopic (exact) mass is 217 g/mol. The van der Waals surface area contributed by atoms with Crippen LogP contribution >= 0.6 is 0 Å². The minimum atomic E-state index is -0.258. The number of nitrogens with zero attached hydrogens (tertiary/aromatic N) is 1. The summed E-state index contributed by atoms with van der Waals surface area (Å²) in [6.45, 7) is 0.522. The third kappa shape index (κ3) is 2.48. The fourth-order valence-electron chi connectivity index (χ4n) is 1.34. The second kappa shape index (κ2) is 4.61. The zero-order valence-electron chi connectivity index (χ0n) is 8.65. The molecule has 0 aliphatic rings. The summed E-state index contributed by atoms with van der Waals surface area (Å²) in [5.41, 5.74) is 6.91. The molecule has 0 saturated carbocycles. The number of halogens is 1. The minimum absolute atomic E-state index is 0.258. The second-order valence-electron chi connectivity index (χ2n) is 3.42. The van der Waals surface area contributed by atoms with Gasteiger partial charge in [0.05, 0.1) is 5.69 Å². The Bertz CT molecular complexity index is 468. The van der Waals surface area contributed by atoms with Gasteiger partial charge < -0.3 is 11.1 Å². The molecule has 4 heteroatoms. The van der Waals surface area contributed by atoms with Crippen molar-refractivity contribution in [1.29, 1.82) is 0 Å². The molecule has 1 aromatic heterocycles. The molecule has 0 aliphatic carbocycles. The van der Waals surface area contributed by atoms with Crippen LogP contribution in [0.4, 0.5) is 15.9 Å². The molecule has 3 N–H and O–H groups in total. The van der Waals surface area contributed by atoms with Gasteiger partial charge in [-0.05, 0) is 23.8 Å². The summed E-state index contributed by atoms with van der Waals surface area (Å²) in [5.74, 6) is 0.223. The van der Waals surface area contributed by atoms with Gasteiger partial charge in [0.25, 0.3) is 0 Å². The van der Waals surface area contributed by atoms with Crippen LogP contribution in [-0.4, -0.2) is 4.98 Å². The Hall–Kier alpha value is -2.10. The summed E-state index contributed by atoms with van der Waals surface area (Å²) in [4.78, 5) is 3.96. The lowest BCUT2D eigenvalue weighted by Gasteiger charge is -2.07. The van der Waals surface area contributed by atoms with Gasteiger partial charge in [-0.2, -0.15) is 0 Å². The SMILES string of the molecule is Nc1ccc(CNc2ccccc2F)cn1.